The summed E-state index contributed by atoms with van der Waals surface area (Å²) >= 11 is 3.34. The zero-order valence-corrected chi connectivity index (χ0v) is 9.74. The lowest BCUT2D eigenvalue weighted by molar-refractivity contribution is 0.0486. The standard InChI is InChI=1S/C9H13BrN4O/c10-7-4-13-9(11)14-8(7)12-3-5-1-6(15)2-5/h4-6,15H,1-3H2,(H3,11,12,13,14). The Bertz CT molecular complexity index is 354. The molecule has 2 rings (SSSR count). The molecular formula is C9H13BrN4O. The van der Waals surface area contributed by atoms with Crippen LogP contribution in [0.15, 0.2) is 10.7 Å². The highest BCUT2D eigenvalue weighted by molar-refractivity contribution is 9.10. The van der Waals surface area contributed by atoms with Crippen LogP contribution in [0.3, 0.4) is 0 Å². The lowest BCUT2D eigenvalue weighted by atomic mass is 9.82. The first-order valence-corrected chi connectivity index (χ1v) is 5.64. The number of halogens is 1. The van der Waals surface area contributed by atoms with Crippen LogP contribution >= 0.6 is 15.9 Å². The summed E-state index contributed by atoms with van der Waals surface area (Å²) in [5, 5.41) is 12.3. The van der Waals surface area contributed by atoms with Crippen molar-refractivity contribution in [2.45, 2.75) is 18.9 Å². The summed E-state index contributed by atoms with van der Waals surface area (Å²) in [6.07, 6.45) is 3.24. The van der Waals surface area contributed by atoms with E-state index in [0.717, 1.165) is 23.9 Å². The van der Waals surface area contributed by atoms with Crippen molar-refractivity contribution in [3.63, 3.8) is 0 Å². The first-order chi connectivity index (χ1) is 7.15. The van der Waals surface area contributed by atoms with Gasteiger partial charge in [-0.3, -0.25) is 0 Å². The molecule has 0 atom stereocenters. The van der Waals surface area contributed by atoms with Crippen molar-refractivity contribution in [1.29, 1.82) is 0 Å². The third-order valence-electron chi connectivity index (χ3n) is 2.53. The molecule has 1 aromatic rings. The monoisotopic (exact) mass is 272 g/mol. The Morgan fingerprint density at radius 1 is 1.60 bits per heavy atom. The van der Waals surface area contributed by atoms with Crippen LogP contribution in [0.5, 0.6) is 0 Å². The third kappa shape index (κ3) is 2.57. The molecule has 15 heavy (non-hydrogen) atoms. The van der Waals surface area contributed by atoms with E-state index in [1.54, 1.807) is 6.20 Å². The first-order valence-electron chi connectivity index (χ1n) is 4.85. The number of aromatic nitrogens is 2. The number of aliphatic hydroxyl groups excluding tert-OH is 1. The Morgan fingerprint density at radius 3 is 3.00 bits per heavy atom. The fourth-order valence-corrected chi connectivity index (χ4v) is 1.94. The van der Waals surface area contributed by atoms with Crippen molar-refractivity contribution in [2.24, 2.45) is 5.92 Å². The summed E-state index contributed by atoms with van der Waals surface area (Å²) in [7, 11) is 0. The average Bonchev–Trinajstić information content (AvgIpc) is 2.16. The highest BCUT2D eigenvalue weighted by Gasteiger charge is 2.26. The summed E-state index contributed by atoms with van der Waals surface area (Å²) in [6, 6.07) is 0. The van der Waals surface area contributed by atoms with Gasteiger partial charge in [0, 0.05) is 12.7 Å². The van der Waals surface area contributed by atoms with Gasteiger partial charge in [-0.15, -0.1) is 0 Å². The second kappa shape index (κ2) is 4.32. The highest BCUT2D eigenvalue weighted by Crippen LogP contribution is 2.28. The number of rotatable bonds is 3. The molecule has 0 amide bonds. The van der Waals surface area contributed by atoms with Gasteiger partial charge in [0.1, 0.15) is 5.82 Å². The molecule has 4 N–H and O–H groups in total. The minimum atomic E-state index is -0.115. The Hall–Kier alpha value is -0.880. The van der Waals surface area contributed by atoms with E-state index in [0.29, 0.717) is 11.7 Å². The molecule has 1 aliphatic carbocycles. The summed E-state index contributed by atoms with van der Waals surface area (Å²) in [5.41, 5.74) is 5.48. The fourth-order valence-electron chi connectivity index (χ4n) is 1.61. The minimum absolute atomic E-state index is 0.115. The van der Waals surface area contributed by atoms with Gasteiger partial charge in [-0.2, -0.15) is 4.98 Å². The van der Waals surface area contributed by atoms with Crippen LogP contribution < -0.4 is 11.1 Å². The van der Waals surface area contributed by atoms with Crippen molar-refractivity contribution in [2.75, 3.05) is 17.6 Å². The van der Waals surface area contributed by atoms with E-state index < -0.39 is 0 Å². The van der Waals surface area contributed by atoms with Crippen LogP contribution in [0.2, 0.25) is 0 Å². The van der Waals surface area contributed by atoms with E-state index in [1.807, 2.05) is 0 Å². The highest BCUT2D eigenvalue weighted by atomic mass is 79.9. The number of anilines is 2. The molecule has 82 valence electrons. The van der Waals surface area contributed by atoms with Crippen LogP contribution in [-0.2, 0) is 0 Å². The number of nitrogens with two attached hydrogens (primary N) is 1. The lowest BCUT2D eigenvalue weighted by Gasteiger charge is -2.31. The van der Waals surface area contributed by atoms with E-state index in [4.69, 9.17) is 10.8 Å². The molecule has 1 aromatic heterocycles. The first kappa shape index (κ1) is 10.6. The Balaban J connectivity index is 1.90. The SMILES string of the molecule is Nc1ncc(Br)c(NCC2CC(O)C2)n1. The van der Waals surface area contributed by atoms with Crippen LogP contribution in [0.1, 0.15) is 12.8 Å². The van der Waals surface area contributed by atoms with Crippen molar-refractivity contribution >= 4 is 27.7 Å². The molecule has 1 fully saturated rings. The Labute approximate surface area is 96.2 Å². The van der Waals surface area contributed by atoms with Gasteiger partial charge in [0.25, 0.3) is 0 Å². The number of hydrogen-bond acceptors (Lipinski definition) is 5. The third-order valence-corrected chi connectivity index (χ3v) is 3.11. The second-order valence-electron chi connectivity index (χ2n) is 3.80. The Kier molecular flexibility index (Phi) is 3.06. The molecule has 1 saturated carbocycles. The maximum absolute atomic E-state index is 9.13. The summed E-state index contributed by atoms with van der Waals surface area (Å²) < 4.78 is 0.802. The molecule has 5 nitrogen and oxygen atoms in total. The van der Waals surface area contributed by atoms with E-state index in [2.05, 4.69) is 31.2 Å². The molecule has 0 bridgehead atoms. The van der Waals surface area contributed by atoms with Crippen molar-refractivity contribution in [3.05, 3.63) is 10.7 Å². The van der Waals surface area contributed by atoms with E-state index in [1.165, 1.54) is 0 Å². The van der Waals surface area contributed by atoms with Gasteiger partial charge in [-0.1, -0.05) is 0 Å². The number of nitrogens with zero attached hydrogens (tertiary/aromatic N) is 2. The van der Waals surface area contributed by atoms with Gasteiger partial charge in [0.15, 0.2) is 0 Å². The average molecular weight is 273 g/mol. The van der Waals surface area contributed by atoms with Gasteiger partial charge in [-0.05, 0) is 34.7 Å². The van der Waals surface area contributed by atoms with Crippen molar-refractivity contribution < 1.29 is 5.11 Å². The minimum Gasteiger partial charge on any atom is -0.393 e. The lowest BCUT2D eigenvalue weighted by Crippen LogP contribution is -2.33. The molecule has 0 radical (unpaired) electrons. The number of aliphatic hydroxyl groups is 1. The van der Waals surface area contributed by atoms with Crippen molar-refractivity contribution in [1.82, 2.24) is 9.97 Å². The normalized spacial score (nSPS) is 24.7. The number of nitrogen functional groups attached to an aromatic ring is 1. The van der Waals surface area contributed by atoms with Gasteiger partial charge in [0.05, 0.1) is 10.6 Å². The summed E-state index contributed by atoms with van der Waals surface area (Å²) in [5.74, 6) is 1.50. The smallest absolute Gasteiger partial charge is 0.221 e. The van der Waals surface area contributed by atoms with Gasteiger partial charge < -0.3 is 16.2 Å². The molecule has 1 aliphatic rings. The molecule has 0 saturated heterocycles. The van der Waals surface area contributed by atoms with Gasteiger partial charge in [0.2, 0.25) is 5.95 Å². The van der Waals surface area contributed by atoms with Crippen LogP contribution in [0.4, 0.5) is 11.8 Å². The fraction of sp³-hybridized carbons (Fsp3) is 0.556. The quantitative estimate of drug-likeness (QED) is 0.765. The maximum Gasteiger partial charge on any atom is 0.221 e. The molecule has 6 heteroatoms. The molecule has 0 spiro atoms. The van der Waals surface area contributed by atoms with Gasteiger partial charge in [-0.25, -0.2) is 4.98 Å². The second-order valence-corrected chi connectivity index (χ2v) is 4.65. The largest absolute Gasteiger partial charge is 0.393 e. The zero-order valence-electron chi connectivity index (χ0n) is 8.15. The van der Waals surface area contributed by atoms with Gasteiger partial charge >= 0.3 is 0 Å². The molecule has 1 heterocycles. The molecule has 0 unspecified atom stereocenters. The number of nitrogens with one attached hydrogen (secondary N) is 1. The van der Waals surface area contributed by atoms with Crippen LogP contribution in [0.25, 0.3) is 0 Å². The zero-order chi connectivity index (χ0) is 10.8. The molecule has 0 aliphatic heterocycles. The molecule has 0 aromatic carbocycles. The van der Waals surface area contributed by atoms with E-state index in [-0.39, 0.29) is 12.1 Å². The predicted molar refractivity (Wildman–Crippen MR) is 61.4 cm³/mol. The van der Waals surface area contributed by atoms with E-state index in [9.17, 15) is 0 Å². The molecular weight excluding hydrogens is 260 g/mol. The predicted octanol–water partition coefficient (Wildman–Crippen LogP) is 1.00. The topological polar surface area (TPSA) is 84.1 Å². The van der Waals surface area contributed by atoms with Crippen LogP contribution in [0, 0.1) is 5.92 Å². The summed E-state index contributed by atoms with van der Waals surface area (Å²) in [4.78, 5) is 7.92. The van der Waals surface area contributed by atoms with Crippen molar-refractivity contribution in [3.8, 4) is 0 Å². The Morgan fingerprint density at radius 2 is 2.33 bits per heavy atom. The maximum atomic E-state index is 9.13. The van der Waals surface area contributed by atoms with Crippen LogP contribution in [-0.4, -0.2) is 27.7 Å². The van der Waals surface area contributed by atoms with E-state index >= 15 is 0 Å². The number of hydrogen-bond donors (Lipinski definition) is 3. The summed E-state index contributed by atoms with van der Waals surface area (Å²) in [6.45, 7) is 0.812.